The van der Waals surface area contributed by atoms with Crippen molar-refractivity contribution in [2.45, 2.75) is 6.18 Å². The molecule has 0 radical (unpaired) electrons. The van der Waals surface area contributed by atoms with E-state index in [4.69, 9.17) is 10.5 Å². The van der Waals surface area contributed by atoms with Gasteiger partial charge in [0.25, 0.3) is 17.1 Å². The van der Waals surface area contributed by atoms with Gasteiger partial charge in [-0.05, 0) is 72.4 Å². The Bertz CT molecular complexity index is 1340. The number of nitrogens with zero attached hydrogens (tertiary/aromatic N) is 1. The van der Waals surface area contributed by atoms with E-state index in [0.717, 1.165) is 18.2 Å². The minimum Gasteiger partial charge on any atom is -0.457 e. The number of hydrogen-bond acceptors (Lipinski definition) is 6. The number of imide groups is 1. The highest BCUT2D eigenvalue weighted by molar-refractivity contribution is 8.18. The standard InChI is InChI=1S/C23H14F3N3O4S/c24-23(25,26)14-6-9-18(13(10-14)11-19-21(31)29-22(32)34-19)33-15-7-4-12(5-8-15)16-2-1-3-17(28-16)20(27)30/h1-11H,(H2,27,30)(H,29,31,32)/b19-11+. The van der Waals surface area contributed by atoms with Crippen molar-refractivity contribution < 1.29 is 32.3 Å². The van der Waals surface area contributed by atoms with Crippen LogP contribution in [0.4, 0.5) is 18.0 Å². The van der Waals surface area contributed by atoms with Crippen molar-refractivity contribution in [1.29, 1.82) is 0 Å². The number of carbonyl (C=O) groups is 3. The van der Waals surface area contributed by atoms with Crippen LogP contribution in [-0.4, -0.2) is 22.0 Å². The molecule has 0 saturated carbocycles. The van der Waals surface area contributed by atoms with Gasteiger partial charge in [0.15, 0.2) is 0 Å². The highest BCUT2D eigenvalue weighted by Crippen LogP contribution is 2.37. The number of benzene rings is 2. The molecule has 0 bridgehead atoms. The number of amides is 3. The summed E-state index contributed by atoms with van der Waals surface area (Å²) in [6.45, 7) is 0. The number of primary amides is 1. The topological polar surface area (TPSA) is 111 Å². The Morgan fingerprint density at radius 3 is 2.41 bits per heavy atom. The Kier molecular flexibility index (Phi) is 6.12. The first-order valence-electron chi connectivity index (χ1n) is 9.61. The predicted octanol–water partition coefficient (Wildman–Crippen LogP) is 4.98. The van der Waals surface area contributed by atoms with Crippen LogP contribution in [0.2, 0.25) is 0 Å². The number of nitrogens with one attached hydrogen (secondary N) is 1. The lowest BCUT2D eigenvalue weighted by molar-refractivity contribution is -0.137. The SMILES string of the molecule is NC(=O)c1cccc(-c2ccc(Oc3ccc(C(F)(F)F)cc3/C=C3/SC(=O)NC3=O)cc2)n1. The zero-order chi connectivity index (χ0) is 24.5. The number of hydrogen-bond donors (Lipinski definition) is 2. The molecule has 3 N–H and O–H groups in total. The molecular formula is C23H14F3N3O4S. The van der Waals surface area contributed by atoms with Crippen LogP contribution in [0.15, 0.2) is 65.6 Å². The van der Waals surface area contributed by atoms with Gasteiger partial charge in [0, 0.05) is 11.1 Å². The molecule has 0 spiro atoms. The van der Waals surface area contributed by atoms with Crippen molar-refractivity contribution >= 4 is 34.9 Å². The fraction of sp³-hybridized carbons (Fsp3) is 0.0435. The monoisotopic (exact) mass is 485 g/mol. The average Bonchev–Trinajstić information content (AvgIpc) is 3.11. The van der Waals surface area contributed by atoms with Gasteiger partial charge < -0.3 is 10.5 Å². The molecule has 3 aromatic rings. The van der Waals surface area contributed by atoms with Crippen LogP contribution in [-0.2, 0) is 11.0 Å². The molecule has 172 valence electrons. The molecule has 11 heteroatoms. The van der Waals surface area contributed by atoms with Gasteiger partial charge in [-0.15, -0.1) is 0 Å². The van der Waals surface area contributed by atoms with Gasteiger partial charge in [0.1, 0.15) is 17.2 Å². The van der Waals surface area contributed by atoms with Gasteiger partial charge >= 0.3 is 6.18 Å². The van der Waals surface area contributed by atoms with Gasteiger partial charge in [0.05, 0.1) is 16.2 Å². The van der Waals surface area contributed by atoms with Gasteiger partial charge in [-0.3, -0.25) is 19.7 Å². The van der Waals surface area contributed by atoms with Crippen molar-refractivity contribution in [3.05, 3.63) is 82.4 Å². The zero-order valence-corrected chi connectivity index (χ0v) is 17.9. The minimum atomic E-state index is -4.61. The van der Waals surface area contributed by atoms with Crippen LogP contribution >= 0.6 is 11.8 Å². The van der Waals surface area contributed by atoms with Crippen molar-refractivity contribution in [3.63, 3.8) is 0 Å². The van der Waals surface area contributed by atoms with Crippen LogP contribution < -0.4 is 15.8 Å². The Morgan fingerprint density at radius 2 is 1.79 bits per heavy atom. The van der Waals surface area contributed by atoms with E-state index < -0.39 is 28.8 Å². The van der Waals surface area contributed by atoms with Crippen LogP contribution in [0.1, 0.15) is 21.6 Å². The summed E-state index contributed by atoms with van der Waals surface area (Å²) < 4.78 is 45.5. The maximum absolute atomic E-state index is 13.2. The number of ether oxygens (including phenoxy) is 1. The number of aromatic nitrogens is 1. The lowest BCUT2D eigenvalue weighted by Gasteiger charge is -2.13. The van der Waals surface area contributed by atoms with Crippen molar-refractivity contribution in [3.8, 4) is 22.8 Å². The highest BCUT2D eigenvalue weighted by Gasteiger charge is 2.32. The van der Waals surface area contributed by atoms with E-state index in [1.54, 1.807) is 36.4 Å². The molecule has 2 heterocycles. The summed E-state index contributed by atoms with van der Waals surface area (Å²) >= 11 is 0.584. The second-order valence-corrected chi connectivity index (χ2v) is 8.02. The third-order valence-corrected chi connectivity index (χ3v) is 5.46. The first-order chi connectivity index (χ1) is 16.1. The van der Waals surface area contributed by atoms with Crippen LogP contribution in [0.5, 0.6) is 11.5 Å². The van der Waals surface area contributed by atoms with Gasteiger partial charge in [-0.25, -0.2) is 4.98 Å². The maximum atomic E-state index is 13.2. The fourth-order valence-electron chi connectivity index (χ4n) is 3.05. The number of carbonyl (C=O) groups excluding carboxylic acids is 3. The van der Waals surface area contributed by atoms with Gasteiger partial charge in [-0.2, -0.15) is 13.2 Å². The molecule has 1 aromatic heterocycles. The average molecular weight is 485 g/mol. The molecule has 0 unspecified atom stereocenters. The number of alkyl halides is 3. The Labute approximate surface area is 194 Å². The molecule has 1 aliphatic rings. The van der Waals surface area contributed by atoms with Crippen molar-refractivity contribution in [2.24, 2.45) is 5.73 Å². The molecule has 1 fully saturated rings. The summed E-state index contributed by atoms with van der Waals surface area (Å²) in [6.07, 6.45) is -3.44. The zero-order valence-electron chi connectivity index (χ0n) is 17.1. The van der Waals surface area contributed by atoms with E-state index in [1.807, 2.05) is 0 Å². The van der Waals surface area contributed by atoms with E-state index in [-0.39, 0.29) is 21.9 Å². The Morgan fingerprint density at radius 1 is 1.06 bits per heavy atom. The van der Waals surface area contributed by atoms with E-state index in [1.165, 1.54) is 12.1 Å². The summed E-state index contributed by atoms with van der Waals surface area (Å²) in [7, 11) is 0. The fourth-order valence-corrected chi connectivity index (χ4v) is 3.72. The predicted molar refractivity (Wildman–Crippen MR) is 119 cm³/mol. The van der Waals surface area contributed by atoms with Gasteiger partial charge in [-0.1, -0.05) is 6.07 Å². The number of thioether (sulfide) groups is 1. The first kappa shape index (κ1) is 23.1. The molecular weight excluding hydrogens is 471 g/mol. The minimum absolute atomic E-state index is 0.0259. The first-order valence-corrected chi connectivity index (χ1v) is 10.4. The summed E-state index contributed by atoms with van der Waals surface area (Å²) in [6, 6.07) is 14.1. The molecule has 0 aliphatic carbocycles. The molecule has 4 rings (SSSR count). The summed E-state index contributed by atoms with van der Waals surface area (Å²) in [4.78, 5) is 38.7. The maximum Gasteiger partial charge on any atom is 0.416 e. The molecule has 1 saturated heterocycles. The van der Waals surface area contributed by atoms with Crippen LogP contribution in [0, 0.1) is 0 Å². The number of nitrogens with two attached hydrogens (primary N) is 1. The lowest BCUT2D eigenvalue weighted by atomic mass is 10.1. The lowest BCUT2D eigenvalue weighted by Crippen LogP contribution is -2.17. The normalized spacial score (nSPS) is 14.9. The van der Waals surface area contributed by atoms with Crippen LogP contribution in [0.3, 0.4) is 0 Å². The summed E-state index contributed by atoms with van der Waals surface area (Å²) in [5, 5.41) is 1.44. The summed E-state index contributed by atoms with van der Waals surface area (Å²) in [5.41, 5.74) is 5.55. The highest BCUT2D eigenvalue weighted by atomic mass is 32.2. The van der Waals surface area contributed by atoms with Crippen molar-refractivity contribution in [1.82, 2.24) is 10.3 Å². The van der Waals surface area contributed by atoms with Crippen molar-refractivity contribution in [2.75, 3.05) is 0 Å². The third-order valence-electron chi connectivity index (χ3n) is 4.65. The Balaban J connectivity index is 1.65. The third kappa shape index (κ3) is 5.09. The van der Waals surface area contributed by atoms with E-state index in [9.17, 15) is 27.6 Å². The number of pyridine rings is 1. The molecule has 1 aliphatic heterocycles. The molecule has 7 nitrogen and oxygen atoms in total. The number of rotatable bonds is 5. The second-order valence-electron chi connectivity index (χ2n) is 7.00. The summed E-state index contributed by atoms with van der Waals surface area (Å²) in [5.74, 6) is -1.02. The number of halogens is 3. The van der Waals surface area contributed by atoms with Crippen LogP contribution in [0.25, 0.3) is 17.3 Å². The quantitative estimate of drug-likeness (QED) is 0.493. The molecule has 34 heavy (non-hydrogen) atoms. The van der Waals surface area contributed by atoms with E-state index in [2.05, 4.69) is 10.3 Å². The van der Waals surface area contributed by atoms with E-state index >= 15 is 0 Å². The smallest absolute Gasteiger partial charge is 0.416 e. The molecule has 3 amide bonds. The largest absolute Gasteiger partial charge is 0.457 e. The Hall–Kier alpha value is -4.12. The van der Waals surface area contributed by atoms with E-state index in [0.29, 0.717) is 28.8 Å². The van der Waals surface area contributed by atoms with Gasteiger partial charge in [0.2, 0.25) is 0 Å². The molecule has 0 atom stereocenters. The molecule has 2 aromatic carbocycles. The second kappa shape index (κ2) is 9.02.